The third kappa shape index (κ3) is 4.15. The van der Waals surface area contributed by atoms with Crippen molar-refractivity contribution in [1.29, 1.82) is 0 Å². The Labute approximate surface area is 154 Å². The van der Waals surface area contributed by atoms with Crippen LogP contribution in [0, 0.1) is 0 Å². The number of nitrogens with zero attached hydrogens (tertiary/aromatic N) is 4. The van der Waals surface area contributed by atoms with E-state index in [-0.39, 0.29) is 18.4 Å². The molecule has 2 aliphatic heterocycles. The molecule has 2 fully saturated rings. The molecule has 0 aliphatic carbocycles. The fourth-order valence-corrected chi connectivity index (χ4v) is 3.52. The van der Waals surface area contributed by atoms with Gasteiger partial charge in [0.15, 0.2) is 0 Å². The largest absolute Gasteiger partial charge is 0.372 e. The van der Waals surface area contributed by atoms with E-state index in [9.17, 15) is 14.4 Å². The van der Waals surface area contributed by atoms with Crippen LogP contribution >= 0.6 is 0 Å². The number of piperazine rings is 1. The van der Waals surface area contributed by atoms with Gasteiger partial charge in [0.25, 0.3) is 0 Å². The van der Waals surface area contributed by atoms with Crippen molar-refractivity contribution in [3.63, 3.8) is 0 Å². The molecule has 0 radical (unpaired) electrons. The molecular formula is C19H26N4O3. The maximum absolute atomic E-state index is 12.6. The minimum Gasteiger partial charge on any atom is -0.372 e. The van der Waals surface area contributed by atoms with Crippen LogP contribution in [0.4, 0.5) is 11.4 Å². The SMILES string of the molecule is CC(=O)N(CC(=O)N1CCN(C=O)CC1)c1ccc(N2CCCC2)cc1. The maximum atomic E-state index is 12.6. The Morgan fingerprint density at radius 1 is 1.00 bits per heavy atom. The quantitative estimate of drug-likeness (QED) is 0.735. The van der Waals surface area contributed by atoms with Crippen LogP contribution in [0.15, 0.2) is 24.3 Å². The first kappa shape index (κ1) is 18.2. The third-order valence-corrected chi connectivity index (χ3v) is 5.12. The molecule has 0 spiro atoms. The Morgan fingerprint density at radius 2 is 1.62 bits per heavy atom. The molecule has 7 heteroatoms. The average Bonchev–Trinajstić information content (AvgIpc) is 3.20. The zero-order chi connectivity index (χ0) is 18.5. The molecule has 1 aromatic rings. The molecule has 0 aromatic heterocycles. The van der Waals surface area contributed by atoms with Crippen LogP contribution in [-0.4, -0.2) is 73.8 Å². The monoisotopic (exact) mass is 358 g/mol. The van der Waals surface area contributed by atoms with Crippen molar-refractivity contribution in [3.05, 3.63) is 24.3 Å². The Hall–Kier alpha value is -2.57. The summed E-state index contributed by atoms with van der Waals surface area (Å²) in [5, 5.41) is 0. The lowest BCUT2D eigenvalue weighted by atomic mass is 10.2. The van der Waals surface area contributed by atoms with E-state index in [1.165, 1.54) is 24.7 Å². The van der Waals surface area contributed by atoms with E-state index in [1.54, 1.807) is 9.80 Å². The summed E-state index contributed by atoms with van der Waals surface area (Å²) in [6, 6.07) is 7.85. The summed E-state index contributed by atoms with van der Waals surface area (Å²) in [7, 11) is 0. The van der Waals surface area contributed by atoms with E-state index in [1.807, 2.05) is 24.3 Å². The minimum atomic E-state index is -0.154. The van der Waals surface area contributed by atoms with Crippen molar-refractivity contribution in [2.45, 2.75) is 19.8 Å². The van der Waals surface area contributed by atoms with Crippen molar-refractivity contribution in [3.8, 4) is 0 Å². The van der Waals surface area contributed by atoms with E-state index in [0.29, 0.717) is 26.2 Å². The number of hydrogen-bond donors (Lipinski definition) is 0. The van der Waals surface area contributed by atoms with E-state index < -0.39 is 0 Å². The van der Waals surface area contributed by atoms with Crippen molar-refractivity contribution in [2.75, 3.05) is 55.6 Å². The van der Waals surface area contributed by atoms with E-state index in [0.717, 1.165) is 30.9 Å². The first-order valence-electron chi connectivity index (χ1n) is 9.19. The first-order chi connectivity index (χ1) is 12.6. The van der Waals surface area contributed by atoms with Crippen molar-refractivity contribution in [2.24, 2.45) is 0 Å². The highest BCUT2D eigenvalue weighted by Crippen LogP contribution is 2.24. The highest BCUT2D eigenvalue weighted by Gasteiger charge is 2.24. The second-order valence-corrected chi connectivity index (χ2v) is 6.84. The highest BCUT2D eigenvalue weighted by molar-refractivity contribution is 5.97. The molecule has 0 bridgehead atoms. The lowest BCUT2D eigenvalue weighted by molar-refractivity contribution is -0.134. The van der Waals surface area contributed by atoms with Gasteiger partial charge < -0.3 is 19.6 Å². The molecule has 1 aromatic carbocycles. The molecule has 0 saturated carbocycles. The van der Waals surface area contributed by atoms with Gasteiger partial charge in [0.05, 0.1) is 0 Å². The molecule has 3 rings (SSSR count). The molecule has 2 saturated heterocycles. The molecule has 0 atom stereocenters. The smallest absolute Gasteiger partial charge is 0.242 e. The van der Waals surface area contributed by atoms with E-state index in [2.05, 4.69) is 4.90 Å². The molecule has 2 aliphatic rings. The van der Waals surface area contributed by atoms with Gasteiger partial charge in [0.1, 0.15) is 6.54 Å². The predicted octanol–water partition coefficient (Wildman–Crippen LogP) is 0.940. The highest BCUT2D eigenvalue weighted by atomic mass is 16.2. The van der Waals surface area contributed by atoms with Gasteiger partial charge in [-0.15, -0.1) is 0 Å². The molecule has 2 heterocycles. The summed E-state index contributed by atoms with van der Waals surface area (Å²) >= 11 is 0. The zero-order valence-electron chi connectivity index (χ0n) is 15.3. The fourth-order valence-electron chi connectivity index (χ4n) is 3.52. The summed E-state index contributed by atoms with van der Waals surface area (Å²) in [6.45, 7) is 5.75. The second kappa shape index (κ2) is 8.21. The number of amides is 3. The van der Waals surface area contributed by atoms with Crippen LogP contribution in [0.3, 0.4) is 0 Å². The van der Waals surface area contributed by atoms with Crippen LogP contribution in [0.2, 0.25) is 0 Å². The number of hydrogen-bond acceptors (Lipinski definition) is 4. The second-order valence-electron chi connectivity index (χ2n) is 6.84. The van der Waals surface area contributed by atoms with Crippen LogP contribution < -0.4 is 9.80 Å². The molecule has 26 heavy (non-hydrogen) atoms. The van der Waals surface area contributed by atoms with Gasteiger partial charge in [-0.1, -0.05) is 0 Å². The van der Waals surface area contributed by atoms with Gasteiger partial charge in [0.2, 0.25) is 18.2 Å². The molecule has 0 N–H and O–H groups in total. The van der Waals surface area contributed by atoms with Crippen molar-refractivity contribution < 1.29 is 14.4 Å². The fraction of sp³-hybridized carbons (Fsp3) is 0.526. The molecule has 3 amide bonds. The minimum absolute atomic E-state index is 0.0273. The molecule has 140 valence electrons. The van der Waals surface area contributed by atoms with Crippen LogP contribution in [-0.2, 0) is 14.4 Å². The van der Waals surface area contributed by atoms with Gasteiger partial charge >= 0.3 is 0 Å². The van der Waals surface area contributed by atoms with Gasteiger partial charge in [-0.25, -0.2) is 0 Å². The molecule has 0 unspecified atom stereocenters. The van der Waals surface area contributed by atoms with Gasteiger partial charge in [-0.2, -0.15) is 0 Å². The first-order valence-corrected chi connectivity index (χ1v) is 9.19. The lowest BCUT2D eigenvalue weighted by Crippen LogP contribution is -2.51. The van der Waals surface area contributed by atoms with Crippen molar-refractivity contribution in [1.82, 2.24) is 9.80 Å². The van der Waals surface area contributed by atoms with Gasteiger partial charge in [-0.3, -0.25) is 14.4 Å². The zero-order valence-corrected chi connectivity index (χ0v) is 15.3. The summed E-state index contributed by atoms with van der Waals surface area (Å²) in [5.41, 5.74) is 1.89. The number of benzene rings is 1. The summed E-state index contributed by atoms with van der Waals surface area (Å²) in [5.74, 6) is -0.242. The van der Waals surface area contributed by atoms with Gasteiger partial charge in [0, 0.05) is 57.6 Å². The third-order valence-electron chi connectivity index (χ3n) is 5.12. The molecular weight excluding hydrogens is 332 g/mol. The van der Waals surface area contributed by atoms with Crippen LogP contribution in [0.1, 0.15) is 19.8 Å². The Kier molecular flexibility index (Phi) is 5.75. The summed E-state index contributed by atoms with van der Waals surface area (Å²) in [6.07, 6.45) is 3.24. The van der Waals surface area contributed by atoms with E-state index in [4.69, 9.17) is 0 Å². The lowest BCUT2D eigenvalue weighted by Gasteiger charge is -2.34. The predicted molar refractivity (Wildman–Crippen MR) is 100 cm³/mol. The Balaban J connectivity index is 1.64. The van der Waals surface area contributed by atoms with Crippen LogP contribution in [0.25, 0.3) is 0 Å². The summed E-state index contributed by atoms with van der Waals surface area (Å²) < 4.78 is 0. The molecule has 7 nitrogen and oxygen atoms in total. The topological polar surface area (TPSA) is 64.2 Å². The van der Waals surface area contributed by atoms with Crippen molar-refractivity contribution >= 4 is 29.6 Å². The Morgan fingerprint density at radius 3 is 2.15 bits per heavy atom. The average molecular weight is 358 g/mol. The van der Waals surface area contributed by atoms with E-state index >= 15 is 0 Å². The number of anilines is 2. The number of carbonyl (C=O) groups excluding carboxylic acids is 3. The normalized spacial score (nSPS) is 17.3. The Bertz CT molecular complexity index is 647. The number of carbonyl (C=O) groups is 3. The summed E-state index contributed by atoms with van der Waals surface area (Å²) in [4.78, 5) is 42.7. The van der Waals surface area contributed by atoms with Gasteiger partial charge in [-0.05, 0) is 37.1 Å². The standard InChI is InChI=1S/C19H26N4O3/c1-16(25)23(14-19(26)22-12-10-20(15-24)11-13-22)18-6-4-17(5-7-18)21-8-2-3-9-21/h4-7,15H,2-3,8-14H2,1H3. The maximum Gasteiger partial charge on any atom is 0.242 e. The van der Waals surface area contributed by atoms with Crippen LogP contribution in [0.5, 0.6) is 0 Å². The number of rotatable bonds is 5.